The molecule has 3 heteroatoms. The zero-order chi connectivity index (χ0) is 22.1. The van der Waals surface area contributed by atoms with Gasteiger partial charge in [0.1, 0.15) is 6.61 Å². The van der Waals surface area contributed by atoms with Crippen LogP contribution in [0.5, 0.6) is 0 Å². The second-order valence-corrected chi connectivity index (χ2v) is 9.57. The van der Waals surface area contributed by atoms with Crippen LogP contribution in [-0.2, 0) is 16.1 Å². The van der Waals surface area contributed by atoms with E-state index in [1.54, 1.807) is 0 Å². The van der Waals surface area contributed by atoms with E-state index in [9.17, 15) is 4.79 Å². The SMILES string of the molecule is CC1=C(/C=C/C(C)=C/C=C/C(C)=C/C(=O)OCc2ccc(Br)cc2)C(C)(C)CCC1. The van der Waals surface area contributed by atoms with Crippen molar-refractivity contribution >= 4 is 21.9 Å². The molecule has 0 aromatic heterocycles. The molecule has 30 heavy (non-hydrogen) atoms. The van der Waals surface area contributed by atoms with Crippen LogP contribution < -0.4 is 0 Å². The molecule has 1 aromatic rings. The number of rotatable bonds is 7. The minimum Gasteiger partial charge on any atom is -0.458 e. The van der Waals surface area contributed by atoms with Crippen molar-refractivity contribution in [2.45, 2.75) is 60.5 Å². The van der Waals surface area contributed by atoms with E-state index in [2.05, 4.69) is 61.9 Å². The molecule has 1 aromatic carbocycles. The Bertz CT molecular complexity index is 893. The summed E-state index contributed by atoms with van der Waals surface area (Å²) in [6.45, 7) is 11.2. The van der Waals surface area contributed by atoms with E-state index >= 15 is 0 Å². The van der Waals surface area contributed by atoms with Crippen molar-refractivity contribution in [1.29, 1.82) is 0 Å². The highest BCUT2D eigenvalue weighted by atomic mass is 79.9. The Balaban J connectivity index is 1.89. The van der Waals surface area contributed by atoms with Crippen molar-refractivity contribution in [3.8, 4) is 0 Å². The number of carbonyl (C=O) groups excluding carboxylic acids is 1. The fraction of sp³-hybridized carbons (Fsp3) is 0.370. The molecule has 1 aliphatic rings. The van der Waals surface area contributed by atoms with Crippen LogP contribution in [0.1, 0.15) is 59.4 Å². The van der Waals surface area contributed by atoms with E-state index < -0.39 is 0 Å². The van der Waals surface area contributed by atoms with Gasteiger partial charge in [-0.1, -0.05) is 83.4 Å². The van der Waals surface area contributed by atoms with Crippen LogP contribution in [0.4, 0.5) is 0 Å². The summed E-state index contributed by atoms with van der Waals surface area (Å²) in [5.74, 6) is -0.331. The topological polar surface area (TPSA) is 26.3 Å². The highest BCUT2D eigenvalue weighted by Gasteiger charge is 2.26. The lowest BCUT2D eigenvalue weighted by atomic mass is 9.72. The van der Waals surface area contributed by atoms with E-state index in [1.807, 2.05) is 43.3 Å². The summed E-state index contributed by atoms with van der Waals surface area (Å²) in [4.78, 5) is 12.0. The molecule has 0 fully saturated rings. The number of halogens is 1. The third-order valence-electron chi connectivity index (χ3n) is 5.41. The maximum atomic E-state index is 12.0. The summed E-state index contributed by atoms with van der Waals surface area (Å²) in [6.07, 6.45) is 15.7. The number of allylic oxidation sites excluding steroid dienone is 9. The van der Waals surface area contributed by atoms with Gasteiger partial charge in [-0.15, -0.1) is 0 Å². The first-order chi connectivity index (χ1) is 14.2. The van der Waals surface area contributed by atoms with Crippen LogP contribution >= 0.6 is 15.9 Å². The quantitative estimate of drug-likeness (QED) is 0.230. The lowest BCUT2D eigenvalue weighted by Gasteiger charge is -2.32. The number of carbonyl (C=O) groups is 1. The molecular formula is C27H33BrO2. The molecule has 2 nitrogen and oxygen atoms in total. The van der Waals surface area contributed by atoms with Crippen molar-refractivity contribution in [2.75, 3.05) is 0 Å². The van der Waals surface area contributed by atoms with Crippen molar-refractivity contribution in [1.82, 2.24) is 0 Å². The molecule has 0 N–H and O–H groups in total. The predicted molar refractivity (Wildman–Crippen MR) is 130 cm³/mol. The summed E-state index contributed by atoms with van der Waals surface area (Å²) in [7, 11) is 0. The van der Waals surface area contributed by atoms with E-state index in [-0.39, 0.29) is 18.0 Å². The van der Waals surface area contributed by atoms with Crippen molar-refractivity contribution in [3.63, 3.8) is 0 Å². The molecule has 0 amide bonds. The maximum absolute atomic E-state index is 12.0. The van der Waals surface area contributed by atoms with Crippen molar-refractivity contribution in [3.05, 3.63) is 93.1 Å². The third kappa shape index (κ3) is 7.95. The van der Waals surface area contributed by atoms with Crippen molar-refractivity contribution in [2.24, 2.45) is 5.41 Å². The fourth-order valence-electron chi connectivity index (χ4n) is 3.64. The fourth-order valence-corrected chi connectivity index (χ4v) is 3.91. The number of ether oxygens (including phenoxy) is 1. The zero-order valence-electron chi connectivity index (χ0n) is 18.8. The van der Waals surface area contributed by atoms with Crippen LogP contribution in [0.25, 0.3) is 0 Å². The standard InChI is InChI=1S/C27H33BrO2/c1-20(11-16-25-22(3)10-7-17-27(25,4)5)8-6-9-21(2)18-26(29)30-19-23-12-14-24(28)15-13-23/h6,8-9,11-16,18H,7,10,17,19H2,1-5H3/b9-6+,16-11+,20-8+,21-18+. The molecule has 160 valence electrons. The summed E-state index contributed by atoms with van der Waals surface area (Å²) in [6, 6.07) is 7.73. The lowest BCUT2D eigenvalue weighted by molar-refractivity contribution is -0.139. The van der Waals surface area contributed by atoms with Gasteiger partial charge in [0.15, 0.2) is 0 Å². The number of hydrogen-bond acceptors (Lipinski definition) is 2. The molecule has 0 bridgehead atoms. The smallest absolute Gasteiger partial charge is 0.331 e. The monoisotopic (exact) mass is 468 g/mol. The van der Waals surface area contributed by atoms with Gasteiger partial charge in [-0.05, 0) is 74.3 Å². The Hall–Kier alpha value is -2.13. The summed E-state index contributed by atoms with van der Waals surface area (Å²) in [5.41, 5.74) is 6.23. The summed E-state index contributed by atoms with van der Waals surface area (Å²) >= 11 is 3.39. The minimum atomic E-state index is -0.331. The normalized spacial score (nSPS) is 17.8. The molecule has 0 heterocycles. The summed E-state index contributed by atoms with van der Waals surface area (Å²) < 4.78 is 6.31. The molecule has 0 unspecified atom stereocenters. The van der Waals surface area contributed by atoms with E-state index in [1.165, 1.54) is 42.1 Å². The van der Waals surface area contributed by atoms with Crippen LogP contribution in [-0.4, -0.2) is 5.97 Å². The van der Waals surface area contributed by atoms with Crippen LogP contribution in [0.15, 0.2) is 87.5 Å². The Morgan fingerprint density at radius 2 is 1.83 bits per heavy atom. The Morgan fingerprint density at radius 1 is 1.13 bits per heavy atom. The van der Waals surface area contributed by atoms with Gasteiger partial charge in [-0.3, -0.25) is 0 Å². The van der Waals surface area contributed by atoms with E-state index in [4.69, 9.17) is 4.74 Å². The van der Waals surface area contributed by atoms with Crippen LogP contribution in [0.3, 0.4) is 0 Å². The first-order valence-electron chi connectivity index (χ1n) is 10.5. The second-order valence-electron chi connectivity index (χ2n) is 8.66. The average Bonchev–Trinajstić information content (AvgIpc) is 2.66. The van der Waals surface area contributed by atoms with Gasteiger partial charge in [0, 0.05) is 10.5 Å². The molecule has 0 aliphatic heterocycles. The van der Waals surface area contributed by atoms with Crippen LogP contribution in [0, 0.1) is 5.41 Å². The van der Waals surface area contributed by atoms with E-state index in [0.29, 0.717) is 0 Å². The number of hydrogen-bond donors (Lipinski definition) is 0. The minimum absolute atomic E-state index is 0.255. The first-order valence-corrected chi connectivity index (χ1v) is 11.3. The molecule has 1 aliphatic carbocycles. The predicted octanol–water partition coefficient (Wildman–Crippen LogP) is 8.02. The van der Waals surface area contributed by atoms with Gasteiger partial charge in [0.2, 0.25) is 0 Å². The molecule has 0 spiro atoms. The lowest BCUT2D eigenvalue weighted by Crippen LogP contribution is -2.19. The van der Waals surface area contributed by atoms with Crippen LogP contribution in [0.2, 0.25) is 0 Å². The second kappa shape index (κ2) is 11.3. The van der Waals surface area contributed by atoms with Crippen molar-refractivity contribution < 1.29 is 9.53 Å². The molecule has 0 radical (unpaired) electrons. The van der Waals surface area contributed by atoms with Gasteiger partial charge in [0.25, 0.3) is 0 Å². The highest BCUT2D eigenvalue weighted by molar-refractivity contribution is 9.10. The molecular weight excluding hydrogens is 436 g/mol. The van der Waals surface area contributed by atoms with Gasteiger partial charge < -0.3 is 4.74 Å². The molecule has 0 atom stereocenters. The molecule has 0 saturated carbocycles. The first kappa shape index (κ1) is 24.1. The largest absolute Gasteiger partial charge is 0.458 e. The van der Waals surface area contributed by atoms with Gasteiger partial charge in [-0.25, -0.2) is 4.79 Å². The Labute approximate surface area is 190 Å². The van der Waals surface area contributed by atoms with Gasteiger partial charge in [0.05, 0.1) is 0 Å². The Morgan fingerprint density at radius 3 is 2.50 bits per heavy atom. The van der Waals surface area contributed by atoms with E-state index in [0.717, 1.165) is 15.6 Å². The number of esters is 1. The maximum Gasteiger partial charge on any atom is 0.331 e. The van der Waals surface area contributed by atoms with Gasteiger partial charge in [-0.2, -0.15) is 0 Å². The zero-order valence-corrected chi connectivity index (χ0v) is 20.4. The highest BCUT2D eigenvalue weighted by Crippen LogP contribution is 2.40. The Kier molecular flexibility index (Phi) is 9.10. The summed E-state index contributed by atoms with van der Waals surface area (Å²) in [5, 5.41) is 0. The third-order valence-corrected chi connectivity index (χ3v) is 5.94. The number of benzene rings is 1. The molecule has 0 saturated heterocycles. The molecule has 2 rings (SSSR count). The average molecular weight is 469 g/mol. The van der Waals surface area contributed by atoms with Gasteiger partial charge >= 0.3 is 5.97 Å².